The Labute approximate surface area is 122 Å². The van der Waals surface area contributed by atoms with Gasteiger partial charge in [0.15, 0.2) is 0 Å². The fourth-order valence-corrected chi connectivity index (χ4v) is 3.10. The second kappa shape index (κ2) is 7.09. The maximum atomic E-state index is 5.49. The molecule has 1 N–H and O–H groups in total. The summed E-state index contributed by atoms with van der Waals surface area (Å²) in [5.74, 6) is 0.973. The minimum absolute atomic E-state index is 0.314. The van der Waals surface area contributed by atoms with Gasteiger partial charge in [0.1, 0.15) is 5.75 Å². The molecule has 1 aliphatic rings. The van der Waals surface area contributed by atoms with Crippen LogP contribution < -0.4 is 10.1 Å². The van der Waals surface area contributed by atoms with Crippen molar-refractivity contribution in [3.05, 3.63) is 29.3 Å². The van der Waals surface area contributed by atoms with Crippen molar-refractivity contribution in [3.63, 3.8) is 0 Å². The van der Waals surface area contributed by atoms with E-state index < -0.39 is 0 Å². The van der Waals surface area contributed by atoms with Gasteiger partial charge in [0, 0.05) is 24.8 Å². The molecular formula is C17H27NO2. The van der Waals surface area contributed by atoms with E-state index in [2.05, 4.69) is 37.4 Å². The fraction of sp³-hybridized carbons (Fsp3) is 0.647. The highest BCUT2D eigenvalue weighted by molar-refractivity contribution is 5.38. The maximum absolute atomic E-state index is 5.49. The van der Waals surface area contributed by atoms with Crippen molar-refractivity contribution in [1.29, 1.82) is 0 Å². The lowest BCUT2D eigenvalue weighted by Gasteiger charge is -2.31. The molecule has 1 fully saturated rings. The van der Waals surface area contributed by atoms with Gasteiger partial charge >= 0.3 is 0 Å². The van der Waals surface area contributed by atoms with Crippen LogP contribution in [-0.2, 0) is 4.74 Å². The van der Waals surface area contributed by atoms with Crippen molar-refractivity contribution in [2.45, 2.75) is 57.7 Å². The number of hydrogen-bond donors (Lipinski definition) is 1. The number of rotatable bonds is 5. The summed E-state index contributed by atoms with van der Waals surface area (Å²) in [5.41, 5.74) is 2.53. The van der Waals surface area contributed by atoms with Gasteiger partial charge in [-0.1, -0.05) is 17.7 Å². The maximum Gasteiger partial charge on any atom is 0.123 e. The van der Waals surface area contributed by atoms with E-state index in [4.69, 9.17) is 9.47 Å². The third kappa shape index (κ3) is 3.74. The Morgan fingerprint density at radius 1 is 1.15 bits per heavy atom. The molecule has 1 aliphatic carbocycles. The molecular weight excluding hydrogens is 250 g/mol. The van der Waals surface area contributed by atoms with Crippen LogP contribution in [0, 0.1) is 6.92 Å². The smallest absolute Gasteiger partial charge is 0.123 e. The van der Waals surface area contributed by atoms with Crippen molar-refractivity contribution in [2.24, 2.45) is 0 Å². The number of aryl methyl sites for hydroxylation is 1. The summed E-state index contributed by atoms with van der Waals surface area (Å²) in [4.78, 5) is 0. The molecule has 0 amide bonds. The van der Waals surface area contributed by atoms with Crippen LogP contribution in [0.15, 0.2) is 18.2 Å². The van der Waals surface area contributed by atoms with E-state index in [-0.39, 0.29) is 0 Å². The Hall–Kier alpha value is -1.06. The minimum atomic E-state index is 0.314. The third-order valence-electron chi connectivity index (χ3n) is 4.34. The van der Waals surface area contributed by atoms with E-state index in [0.29, 0.717) is 18.2 Å². The zero-order valence-electron chi connectivity index (χ0n) is 13.1. The highest BCUT2D eigenvalue weighted by Gasteiger charge is 2.23. The SMILES string of the molecule is COc1ccc(C)cc1C(C)NC1CCC(OC)CC1. The average Bonchev–Trinajstić information content (AvgIpc) is 2.48. The van der Waals surface area contributed by atoms with Crippen molar-refractivity contribution in [3.8, 4) is 5.75 Å². The van der Waals surface area contributed by atoms with Crippen LogP contribution in [0.2, 0.25) is 0 Å². The van der Waals surface area contributed by atoms with E-state index in [1.807, 2.05) is 7.11 Å². The Kier molecular flexibility index (Phi) is 5.44. The normalized spacial score (nSPS) is 24.4. The molecule has 112 valence electrons. The van der Waals surface area contributed by atoms with Gasteiger partial charge in [-0.05, 0) is 45.6 Å². The first-order chi connectivity index (χ1) is 9.63. The quantitative estimate of drug-likeness (QED) is 0.892. The van der Waals surface area contributed by atoms with Gasteiger partial charge in [0.25, 0.3) is 0 Å². The van der Waals surface area contributed by atoms with Crippen LogP contribution in [0.5, 0.6) is 5.75 Å². The molecule has 0 saturated heterocycles. The van der Waals surface area contributed by atoms with Gasteiger partial charge in [0.2, 0.25) is 0 Å². The molecule has 1 saturated carbocycles. The lowest BCUT2D eigenvalue weighted by Crippen LogP contribution is -2.36. The molecule has 3 nitrogen and oxygen atoms in total. The second-order valence-electron chi connectivity index (χ2n) is 5.84. The van der Waals surface area contributed by atoms with Gasteiger partial charge in [-0.2, -0.15) is 0 Å². The Balaban J connectivity index is 1.98. The summed E-state index contributed by atoms with van der Waals surface area (Å²) in [7, 11) is 3.56. The highest BCUT2D eigenvalue weighted by Crippen LogP contribution is 2.28. The molecule has 3 heteroatoms. The summed E-state index contributed by atoms with van der Waals surface area (Å²) in [6, 6.07) is 7.27. The van der Waals surface area contributed by atoms with Crippen molar-refractivity contribution < 1.29 is 9.47 Å². The molecule has 0 bridgehead atoms. The van der Waals surface area contributed by atoms with Gasteiger partial charge in [0.05, 0.1) is 13.2 Å². The van der Waals surface area contributed by atoms with Gasteiger partial charge in [-0.15, -0.1) is 0 Å². The zero-order valence-corrected chi connectivity index (χ0v) is 13.1. The number of hydrogen-bond acceptors (Lipinski definition) is 3. The van der Waals surface area contributed by atoms with Crippen molar-refractivity contribution >= 4 is 0 Å². The van der Waals surface area contributed by atoms with Crippen LogP contribution >= 0.6 is 0 Å². The van der Waals surface area contributed by atoms with Gasteiger partial charge in [-0.3, -0.25) is 0 Å². The molecule has 0 heterocycles. The first-order valence-electron chi connectivity index (χ1n) is 7.57. The molecule has 1 unspecified atom stereocenters. The van der Waals surface area contributed by atoms with E-state index >= 15 is 0 Å². The third-order valence-corrected chi connectivity index (χ3v) is 4.34. The van der Waals surface area contributed by atoms with E-state index in [0.717, 1.165) is 18.6 Å². The summed E-state index contributed by atoms with van der Waals surface area (Å²) in [5, 5.41) is 3.75. The summed E-state index contributed by atoms with van der Waals surface area (Å²) < 4.78 is 10.9. The zero-order chi connectivity index (χ0) is 14.5. The monoisotopic (exact) mass is 277 g/mol. The van der Waals surface area contributed by atoms with E-state index in [1.165, 1.54) is 24.0 Å². The van der Waals surface area contributed by atoms with Gasteiger partial charge in [-0.25, -0.2) is 0 Å². The summed E-state index contributed by atoms with van der Waals surface area (Å²) >= 11 is 0. The van der Waals surface area contributed by atoms with Crippen molar-refractivity contribution in [2.75, 3.05) is 14.2 Å². The fourth-order valence-electron chi connectivity index (χ4n) is 3.10. The molecule has 20 heavy (non-hydrogen) atoms. The molecule has 0 spiro atoms. The predicted molar refractivity (Wildman–Crippen MR) is 82.3 cm³/mol. The second-order valence-corrected chi connectivity index (χ2v) is 5.84. The van der Waals surface area contributed by atoms with Crippen LogP contribution in [0.4, 0.5) is 0 Å². The van der Waals surface area contributed by atoms with Crippen LogP contribution in [-0.4, -0.2) is 26.4 Å². The Morgan fingerprint density at radius 2 is 1.85 bits per heavy atom. The topological polar surface area (TPSA) is 30.5 Å². The standard InChI is InChI=1S/C17H27NO2/c1-12-5-10-17(20-4)16(11-12)13(2)18-14-6-8-15(19-3)9-7-14/h5,10-11,13-15,18H,6-9H2,1-4H3. The lowest BCUT2D eigenvalue weighted by atomic mass is 9.91. The molecule has 0 aromatic heterocycles. The number of ether oxygens (including phenoxy) is 2. The number of benzene rings is 1. The summed E-state index contributed by atoms with van der Waals surface area (Å²) in [6.45, 7) is 4.35. The first-order valence-corrected chi connectivity index (χ1v) is 7.57. The van der Waals surface area contributed by atoms with Crippen LogP contribution in [0.25, 0.3) is 0 Å². The first kappa shape index (κ1) is 15.3. The van der Waals surface area contributed by atoms with Crippen molar-refractivity contribution in [1.82, 2.24) is 5.32 Å². The summed E-state index contributed by atoms with van der Waals surface area (Å²) in [6.07, 6.45) is 5.16. The Bertz CT molecular complexity index is 425. The van der Waals surface area contributed by atoms with E-state index in [1.54, 1.807) is 7.11 Å². The molecule has 1 atom stereocenters. The largest absolute Gasteiger partial charge is 0.496 e. The average molecular weight is 277 g/mol. The molecule has 0 radical (unpaired) electrons. The Morgan fingerprint density at radius 3 is 2.45 bits per heavy atom. The molecule has 0 aliphatic heterocycles. The van der Waals surface area contributed by atoms with Gasteiger partial charge < -0.3 is 14.8 Å². The van der Waals surface area contributed by atoms with E-state index in [9.17, 15) is 0 Å². The van der Waals surface area contributed by atoms with Crippen LogP contribution in [0.1, 0.15) is 49.8 Å². The predicted octanol–water partition coefficient (Wildman–Crippen LogP) is 3.61. The van der Waals surface area contributed by atoms with Crippen LogP contribution in [0.3, 0.4) is 0 Å². The minimum Gasteiger partial charge on any atom is -0.496 e. The lowest BCUT2D eigenvalue weighted by molar-refractivity contribution is 0.0613. The number of nitrogens with one attached hydrogen (secondary N) is 1. The molecule has 1 aromatic carbocycles. The highest BCUT2D eigenvalue weighted by atomic mass is 16.5. The number of methoxy groups -OCH3 is 2. The molecule has 1 aromatic rings. The molecule has 2 rings (SSSR count).